The molecule has 1 atom stereocenters. The molecule has 7 nitrogen and oxygen atoms in total. The number of rotatable bonds is 2. The van der Waals surface area contributed by atoms with Gasteiger partial charge in [0, 0.05) is 13.1 Å². The molecule has 0 bridgehead atoms. The van der Waals surface area contributed by atoms with Gasteiger partial charge in [0.2, 0.25) is 5.13 Å². The Morgan fingerprint density at radius 1 is 1.53 bits per heavy atom. The number of hydrogen-bond acceptors (Lipinski definition) is 6. The fourth-order valence-corrected chi connectivity index (χ4v) is 2.14. The van der Waals surface area contributed by atoms with Gasteiger partial charge in [-0.25, -0.2) is 4.79 Å². The number of urea groups is 1. The van der Waals surface area contributed by atoms with Gasteiger partial charge in [-0.1, -0.05) is 11.3 Å². The number of carbonyl (C=O) groups excluding carboxylic acids is 1. The molecular weight excluding hydrogens is 242 g/mol. The van der Waals surface area contributed by atoms with E-state index in [0.717, 1.165) is 0 Å². The van der Waals surface area contributed by atoms with Crippen LogP contribution >= 0.6 is 11.3 Å². The Bertz CT molecular complexity index is 390. The number of anilines is 1. The third-order valence-corrected chi connectivity index (χ3v) is 3.40. The average molecular weight is 257 g/mol. The van der Waals surface area contributed by atoms with Crippen LogP contribution in [0.2, 0.25) is 0 Å². The summed E-state index contributed by atoms with van der Waals surface area (Å²) in [4.78, 5) is 13.6. The molecule has 1 aromatic rings. The number of nitrogens with two attached hydrogens (primary N) is 1. The molecule has 1 aromatic heterocycles. The highest BCUT2D eigenvalue weighted by Crippen LogP contribution is 2.18. The zero-order valence-corrected chi connectivity index (χ0v) is 10.4. The van der Waals surface area contributed by atoms with Crippen LogP contribution in [0, 0.1) is 0 Å². The van der Waals surface area contributed by atoms with Gasteiger partial charge in [-0.2, -0.15) is 0 Å². The summed E-state index contributed by atoms with van der Waals surface area (Å²) in [5.41, 5.74) is 5.50. The zero-order valence-electron chi connectivity index (χ0n) is 9.55. The van der Waals surface area contributed by atoms with Gasteiger partial charge in [0.05, 0.1) is 19.3 Å². The van der Waals surface area contributed by atoms with Crippen molar-refractivity contribution in [2.45, 2.75) is 13.0 Å². The van der Waals surface area contributed by atoms with E-state index in [1.807, 2.05) is 6.92 Å². The summed E-state index contributed by atoms with van der Waals surface area (Å²) >= 11 is 1.28. The first kappa shape index (κ1) is 12.1. The second kappa shape index (κ2) is 5.28. The molecule has 2 rings (SSSR count). The monoisotopic (exact) mass is 257 g/mol. The van der Waals surface area contributed by atoms with Crippen molar-refractivity contribution in [1.29, 1.82) is 0 Å². The number of nitrogen functional groups attached to an aromatic ring is 1. The van der Waals surface area contributed by atoms with E-state index in [-0.39, 0.29) is 12.1 Å². The number of morpholine rings is 1. The third kappa shape index (κ3) is 3.04. The van der Waals surface area contributed by atoms with Crippen LogP contribution in [0.15, 0.2) is 0 Å². The SMILES string of the molecule is CC(NC(=O)N1CCOCC1)c1nnc(N)s1. The normalized spacial score (nSPS) is 17.8. The van der Waals surface area contributed by atoms with Crippen molar-refractivity contribution >= 4 is 22.5 Å². The fraction of sp³-hybridized carbons (Fsp3) is 0.667. The average Bonchev–Trinajstić information content (AvgIpc) is 2.77. The van der Waals surface area contributed by atoms with Crippen molar-refractivity contribution in [3.63, 3.8) is 0 Å². The minimum absolute atomic E-state index is 0.102. The highest BCUT2D eigenvalue weighted by Gasteiger charge is 2.20. The standard InChI is InChI=1S/C9H15N5O2S/c1-6(7-12-13-8(10)17-7)11-9(15)14-2-4-16-5-3-14/h6H,2-5H2,1H3,(H2,10,13)(H,11,15). The second-order valence-corrected chi connectivity index (χ2v) is 4.79. The highest BCUT2D eigenvalue weighted by atomic mass is 32.1. The molecule has 0 radical (unpaired) electrons. The fourth-order valence-electron chi connectivity index (χ4n) is 1.53. The number of carbonyl (C=O) groups is 1. The number of nitrogens with zero attached hydrogens (tertiary/aromatic N) is 3. The van der Waals surface area contributed by atoms with Crippen LogP contribution in [-0.2, 0) is 4.74 Å². The van der Waals surface area contributed by atoms with Crippen molar-refractivity contribution in [3.05, 3.63) is 5.01 Å². The minimum atomic E-state index is -0.180. The lowest BCUT2D eigenvalue weighted by molar-refractivity contribution is 0.0526. The van der Waals surface area contributed by atoms with Gasteiger partial charge in [0.1, 0.15) is 5.01 Å². The van der Waals surface area contributed by atoms with Crippen LogP contribution < -0.4 is 11.1 Å². The summed E-state index contributed by atoms with van der Waals surface area (Å²) in [7, 11) is 0. The number of nitrogens with one attached hydrogen (secondary N) is 1. The number of aromatic nitrogens is 2. The first-order valence-corrected chi connectivity index (χ1v) is 6.20. The quantitative estimate of drug-likeness (QED) is 0.790. The Morgan fingerprint density at radius 2 is 2.24 bits per heavy atom. The van der Waals surface area contributed by atoms with E-state index in [4.69, 9.17) is 10.5 Å². The van der Waals surface area contributed by atoms with E-state index in [1.165, 1.54) is 11.3 Å². The molecule has 0 saturated carbocycles. The lowest BCUT2D eigenvalue weighted by atomic mass is 10.3. The molecule has 0 aliphatic carbocycles. The molecule has 8 heteroatoms. The molecule has 1 aliphatic rings. The van der Waals surface area contributed by atoms with E-state index in [0.29, 0.717) is 36.4 Å². The Balaban J connectivity index is 1.89. The smallest absolute Gasteiger partial charge is 0.318 e. The van der Waals surface area contributed by atoms with E-state index in [9.17, 15) is 4.79 Å². The van der Waals surface area contributed by atoms with Crippen molar-refractivity contribution in [3.8, 4) is 0 Å². The molecule has 1 fully saturated rings. The van der Waals surface area contributed by atoms with Crippen LogP contribution in [0.1, 0.15) is 18.0 Å². The molecule has 1 saturated heterocycles. The van der Waals surface area contributed by atoms with Crippen LogP contribution in [0.5, 0.6) is 0 Å². The summed E-state index contributed by atoms with van der Waals surface area (Å²) in [6.45, 7) is 4.28. The summed E-state index contributed by atoms with van der Waals surface area (Å²) in [6.07, 6.45) is 0. The number of ether oxygens (including phenoxy) is 1. The molecule has 3 N–H and O–H groups in total. The molecule has 1 aliphatic heterocycles. The maximum absolute atomic E-state index is 11.9. The molecule has 0 spiro atoms. The first-order chi connectivity index (χ1) is 8.16. The van der Waals surface area contributed by atoms with Crippen LogP contribution in [-0.4, -0.2) is 47.4 Å². The predicted octanol–water partition coefficient (Wildman–Crippen LogP) is 0.223. The van der Waals surface area contributed by atoms with Crippen molar-refractivity contribution in [2.24, 2.45) is 0 Å². The first-order valence-electron chi connectivity index (χ1n) is 5.39. The Morgan fingerprint density at radius 3 is 2.82 bits per heavy atom. The van der Waals surface area contributed by atoms with E-state index in [1.54, 1.807) is 4.90 Å². The molecular formula is C9H15N5O2S. The number of amides is 2. The molecule has 1 unspecified atom stereocenters. The van der Waals surface area contributed by atoms with Crippen LogP contribution in [0.4, 0.5) is 9.93 Å². The summed E-state index contributed by atoms with van der Waals surface area (Å²) in [5.74, 6) is 0. The van der Waals surface area contributed by atoms with Gasteiger partial charge >= 0.3 is 6.03 Å². The van der Waals surface area contributed by atoms with Gasteiger partial charge < -0.3 is 20.7 Å². The summed E-state index contributed by atoms with van der Waals surface area (Å²) in [6, 6.07) is -0.283. The van der Waals surface area contributed by atoms with Crippen LogP contribution in [0.3, 0.4) is 0 Å². The maximum atomic E-state index is 11.9. The molecule has 2 amide bonds. The Labute approximate surface area is 103 Å². The van der Waals surface area contributed by atoms with Gasteiger partial charge in [-0.3, -0.25) is 0 Å². The van der Waals surface area contributed by atoms with Gasteiger partial charge in [0.25, 0.3) is 0 Å². The van der Waals surface area contributed by atoms with E-state index >= 15 is 0 Å². The molecule has 17 heavy (non-hydrogen) atoms. The molecule has 94 valence electrons. The maximum Gasteiger partial charge on any atom is 0.318 e. The minimum Gasteiger partial charge on any atom is -0.378 e. The number of hydrogen-bond donors (Lipinski definition) is 2. The second-order valence-electron chi connectivity index (χ2n) is 3.75. The molecule has 0 aromatic carbocycles. The lowest BCUT2D eigenvalue weighted by Crippen LogP contribution is -2.46. The topological polar surface area (TPSA) is 93.4 Å². The highest BCUT2D eigenvalue weighted by molar-refractivity contribution is 7.15. The summed E-state index contributed by atoms with van der Waals surface area (Å²) < 4.78 is 5.18. The lowest BCUT2D eigenvalue weighted by Gasteiger charge is -2.27. The van der Waals surface area contributed by atoms with Crippen LogP contribution in [0.25, 0.3) is 0 Å². The van der Waals surface area contributed by atoms with Gasteiger partial charge in [0.15, 0.2) is 0 Å². The third-order valence-electron chi connectivity index (χ3n) is 2.46. The Hall–Kier alpha value is -1.41. The Kier molecular flexibility index (Phi) is 3.75. The largest absolute Gasteiger partial charge is 0.378 e. The van der Waals surface area contributed by atoms with E-state index in [2.05, 4.69) is 15.5 Å². The van der Waals surface area contributed by atoms with Crippen molar-refractivity contribution < 1.29 is 9.53 Å². The predicted molar refractivity (Wildman–Crippen MR) is 63.7 cm³/mol. The van der Waals surface area contributed by atoms with Gasteiger partial charge in [-0.15, -0.1) is 10.2 Å². The van der Waals surface area contributed by atoms with Crippen molar-refractivity contribution in [2.75, 3.05) is 32.0 Å². The van der Waals surface area contributed by atoms with Crippen molar-refractivity contribution in [1.82, 2.24) is 20.4 Å². The summed E-state index contributed by atoms with van der Waals surface area (Å²) in [5, 5.41) is 11.6. The molecule has 2 heterocycles. The zero-order chi connectivity index (χ0) is 12.3. The van der Waals surface area contributed by atoms with Gasteiger partial charge in [-0.05, 0) is 6.92 Å². The van der Waals surface area contributed by atoms with E-state index < -0.39 is 0 Å².